The zero-order valence-corrected chi connectivity index (χ0v) is 18.8. The maximum absolute atomic E-state index is 12.6. The second-order valence-corrected chi connectivity index (χ2v) is 7.98. The molecule has 7 nitrogen and oxygen atoms in total. The van der Waals surface area contributed by atoms with Gasteiger partial charge in [0.25, 0.3) is 0 Å². The van der Waals surface area contributed by atoms with Gasteiger partial charge in [0, 0.05) is 19.6 Å². The zero-order chi connectivity index (χ0) is 22.3. The van der Waals surface area contributed by atoms with Crippen molar-refractivity contribution in [1.29, 1.82) is 0 Å². The van der Waals surface area contributed by atoms with Crippen molar-refractivity contribution < 1.29 is 23.4 Å². The van der Waals surface area contributed by atoms with Crippen LogP contribution in [0.4, 0.5) is 0 Å². The van der Waals surface area contributed by atoms with Crippen LogP contribution in [0.1, 0.15) is 34.8 Å². The van der Waals surface area contributed by atoms with Crippen LogP contribution in [0, 0.1) is 6.92 Å². The van der Waals surface area contributed by atoms with Crippen molar-refractivity contribution >= 4 is 16.9 Å². The number of morpholine rings is 1. The van der Waals surface area contributed by atoms with Gasteiger partial charge in [-0.15, -0.1) is 0 Å². The maximum Gasteiger partial charge on any atom is 0.207 e. The fraction of sp³-hybridized carbons (Fsp3) is 0.440. The molecule has 1 aromatic heterocycles. The van der Waals surface area contributed by atoms with Crippen molar-refractivity contribution in [2.75, 3.05) is 46.1 Å². The summed E-state index contributed by atoms with van der Waals surface area (Å²) < 4.78 is 23.4. The van der Waals surface area contributed by atoms with E-state index in [2.05, 4.69) is 22.0 Å². The van der Waals surface area contributed by atoms with Crippen LogP contribution in [0.15, 0.2) is 41.1 Å². The van der Waals surface area contributed by atoms with E-state index in [1.807, 2.05) is 25.1 Å². The SMILES string of the molecule is CC(=O)c1c(OCCN2CCOCC2)c(OCCCc2ccccc2)c2ocnc2c1C. The molecular formula is C25H30N2O5. The minimum absolute atomic E-state index is 0.0806. The number of ketones is 1. The monoisotopic (exact) mass is 438 g/mol. The number of rotatable bonds is 10. The molecule has 170 valence electrons. The lowest BCUT2D eigenvalue weighted by Gasteiger charge is -2.26. The van der Waals surface area contributed by atoms with Crippen LogP contribution >= 0.6 is 0 Å². The summed E-state index contributed by atoms with van der Waals surface area (Å²) in [6, 6.07) is 10.3. The second kappa shape index (κ2) is 10.6. The number of Topliss-reactive ketones (excluding diaryl/α,β-unsaturated/α-hetero) is 1. The van der Waals surface area contributed by atoms with Gasteiger partial charge in [0.15, 0.2) is 17.9 Å². The van der Waals surface area contributed by atoms with Gasteiger partial charge < -0.3 is 18.6 Å². The molecule has 4 rings (SSSR count). The van der Waals surface area contributed by atoms with E-state index in [0.717, 1.165) is 51.3 Å². The largest absolute Gasteiger partial charge is 0.487 e. The van der Waals surface area contributed by atoms with E-state index >= 15 is 0 Å². The van der Waals surface area contributed by atoms with E-state index in [0.29, 0.717) is 41.4 Å². The molecule has 0 N–H and O–H groups in total. The van der Waals surface area contributed by atoms with Gasteiger partial charge in [-0.2, -0.15) is 0 Å². The van der Waals surface area contributed by atoms with Crippen molar-refractivity contribution in [1.82, 2.24) is 9.88 Å². The number of benzene rings is 2. The van der Waals surface area contributed by atoms with Gasteiger partial charge in [-0.05, 0) is 37.8 Å². The molecule has 32 heavy (non-hydrogen) atoms. The normalized spacial score (nSPS) is 14.6. The molecule has 1 aliphatic rings. The minimum atomic E-state index is -0.0806. The Balaban J connectivity index is 1.54. The Kier molecular flexibility index (Phi) is 7.39. The topological polar surface area (TPSA) is 74.0 Å². The molecule has 1 saturated heterocycles. The molecule has 3 aromatic rings. The van der Waals surface area contributed by atoms with Gasteiger partial charge in [-0.3, -0.25) is 9.69 Å². The molecule has 0 amide bonds. The number of carbonyl (C=O) groups is 1. The molecule has 2 aromatic carbocycles. The summed E-state index contributed by atoms with van der Waals surface area (Å²) in [6.45, 7) is 8.32. The average Bonchev–Trinajstić information content (AvgIpc) is 3.30. The molecule has 0 unspecified atom stereocenters. The highest BCUT2D eigenvalue weighted by Gasteiger charge is 2.26. The number of hydrogen-bond donors (Lipinski definition) is 0. The third-order valence-electron chi connectivity index (χ3n) is 5.75. The lowest BCUT2D eigenvalue weighted by molar-refractivity contribution is 0.0320. The van der Waals surface area contributed by atoms with Crippen LogP contribution in [0.5, 0.6) is 11.5 Å². The van der Waals surface area contributed by atoms with Gasteiger partial charge in [-0.25, -0.2) is 4.98 Å². The quantitative estimate of drug-likeness (QED) is 0.349. The molecule has 0 radical (unpaired) electrons. The van der Waals surface area contributed by atoms with Crippen LogP contribution in [0.25, 0.3) is 11.1 Å². The summed E-state index contributed by atoms with van der Waals surface area (Å²) in [5.74, 6) is 0.832. The second-order valence-electron chi connectivity index (χ2n) is 7.98. The Morgan fingerprint density at radius 2 is 1.84 bits per heavy atom. The van der Waals surface area contributed by atoms with Crippen LogP contribution in [0.3, 0.4) is 0 Å². The lowest BCUT2D eigenvalue weighted by Crippen LogP contribution is -2.38. The van der Waals surface area contributed by atoms with Crippen LogP contribution in [-0.2, 0) is 11.2 Å². The number of carbonyl (C=O) groups excluding carboxylic acids is 1. The number of nitrogens with zero attached hydrogens (tertiary/aromatic N) is 2. The molecule has 1 fully saturated rings. The van der Waals surface area contributed by atoms with Crippen molar-refractivity contribution in [3.63, 3.8) is 0 Å². The van der Waals surface area contributed by atoms with Gasteiger partial charge in [0.1, 0.15) is 12.1 Å². The predicted molar refractivity (Wildman–Crippen MR) is 122 cm³/mol. The molecule has 1 aliphatic heterocycles. The summed E-state index contributed by atoms with van der Waals surface area (Å²) in [6.07, 6.45) is 3.12. The van der Waals surface area contributed by atoms with Crippen LogP contribution in [0.2, 0.25) is 0 Å². The third kappa shape index (κ3) is 5.11. The van der Waals surface area contributed by atoms with Gasteiger partial charge >= 0.3 is 0 Å². The average molecular weight is 439 g/mol. The van der Waals surface area contributed by atoms with E-state index < -0.39 is 0 Å². The number of aryl methyl sites for hydroxylation is 2. The predicted octanol–water partition coefficient (Wildman–Crippen LogP) is 4.06. The highest BCUT2D eigenvalue weighted by Crippen LogP contribution is 2.42. The van der Waals surface area contributed by atoms with Crippen LogP contribution in [-0.4, -0.2) is 61.7 Å². The van der Waals surface area contributed by atoms with E-state index in [1.165, 1.54) is 12.0 Å². The minimum Gasteiger partial charge on any atom is -0.487 e. The first kappa shape index (κ1) is 22.3. The maximum atomic E-state index is 12.6. The summed E-state index contributed by atoms with van der Waals surface area (Å²) in [4.78, 5) is 19.2. The first-order valence-corrected chi connectivity index (χ1v) is 11.2. The Morgan fingerprint density at radius 1 is 1.09 bits per heavy atom. The van der Waals surface area contributed by atoms with E-state index in [4.69, 9.17) is 18.6 Å². The molecule has 0 spiro atoms. The fourth-order valence-electron chi connectivity index (χ4n) is 4.07. The third-order valence-corrected chi connectivity index (χ3v) is 5.75. The van der Waals surface area contributed by atoms with Gasteiger partial charge in [0.2, 0.25) is 11.3 Å². The lowest BCUT2D eigenvalue weighted by atomic mass is 10.0. The zero-order valence-electron chi connectivity index (χ0n) is 18.8. The van der Waals surface area contributed by atoms with Crippen molar-refractivity contribution in [3.05, 3.63) is 53.4 Å². The Bertz CT molecular complexity index is 1040. The Morgan fingerprint density at radius 3 is 2.59 bits per heavy atom. The van der Waals surface area contributed by atoms with Crippen molar-refractivity contribution in [2.24, 2.45) is 0 Å². The Hall–Kier alpha value is -2.90. The van der Waals surface area contributed by atoms with Gasteiger partial charge in [-0.1, -0.05) is 30.3 Å². The number of hydrogen-bond acceptors (Lipinski definition) is 7. The van der Waals surface area contributed by atoms with Gasteiger partial charge in [0.05, 0.1) is 25.4 Å². The molecule has 0 saturated carbocycles. The molecule has 7 heteroatoms. The summed E-state index contributed by atoms with van der Waals surface area (Å²) in [7, 11) is 0. The van der Waals surface area contributed by atoms with E-state index in [9.17, 15) is 4.79 Å². The summed E-state index contributed by atoms with van der Waals surface area (Å²) in [5, 5.41) is 0. The summed E-state index contributed by atoms with van der Waals surface area (Å²) >= 11 is 0. The summed E-state index contributed by atoms with van der Waals surface area (Å²) in [5.41, 5.74) is 3.67. The van der Waals surface area contributed by atoms with Crippen molar-refractivity contribution in [2.45, 2.75) is 26.7 Å². The Labute approximate surface area is 188 Å². The number of fused-ring (bicyclic) bond motifs is 1. The number of aromatic nitrogens is 1. The molecule has 2 heterocycles. The molecule has 0 atom stereocenters. The van der Waals surface area contributed by atoms with E-state index in [-0.39, 0.29) is 5.78 Å². The van der Waals surface area contributed by atoms with Crippen LogP contribution < -0.4 is 9.47 Å². The molecular weight excluding hydrogens is 408 g/mol. The number of ether oxygens (including phenoxy) is 3. The smallest absolute Gasteiger partial charge is 0.207 e. The highest BCUT2D eigenvalue weighted by molar-refractivity contribution is 6.04. The molecule has 0 aliphatic carbocycles. The molecule has 0 bridgehead atoms. The highest BCUT2D eigenvalue weighted by atomic mass is 16.5. The first-order valence-electron chi connectivity index (χ1n) is 11.2. The standard InChI is InChI=1S/C25H30N2O5/c1-18-21(19(2)28)23(31-16-12-27-10-14-29-15-11-27)25(24-22(18)26-17-32-24)30-13-6-9-20-7-4-3-5-8-20/h3-5,7-8,17H,6,9-16H2,1-2H3. The number of oxazole rings is 1. The van der Waals surface area contributed by atoms with Crippen molar-refractivity contribution in [3.8, 4) is 11.5 Å². The van der Waals surface area contributed by atoms with E-state index in [1.54, 1.807) is 6.92 Å². The fourth-order valence-corrected chi connectivity index (χ4v) is 4.07. The first-order chi connectivity index (χ1) is 15.6.